The molecule has 0 radical (unpaired) electrons. The second kappa shape index (κ2) is 16.4. The Balaban J connectivity index is 0.714. The molecule has 9 rings (SSSR count). The summed E-state index contributed by atoms with van der Waals surface area (Å²) in [7, 11) is 0. The number of pyridine rings is 1. The highest BCUT2D eigenvalue weighted by molar-refractivity contribution is 6.23. The molecule has 14 nitrogen and oxygen atoms in total. The van der Waals surface area contributed by atoms with Gasteiger partial charge in [0.05, 0.1) is 28.6 Å². The molecule has 1 N–H and O–H groups in total. The fourth-order valence-corrected chi connectivity index (χ4v) is 10.3. The van der Waals surface area contributed by atoms with Crippen molar-refractivity contribution in [3.8, 4) is 6.07 Å². The van der Waals surface area contributed by atoms with Gasteiger partial charge < -0.3 is 19.6 Å². The van der Waals surface area contributed by atoms with Gasteiger partial charge in [-0.1, -0.05) is 0 Å². The van der Waals surface area contributed by atoms with Crippen LogP contribution in [0.5, 0.6) is 0 Å². The van der Waals surface area contributed by atoms with E-state index in [1.54, 1.807) is 18.2 Å². The molecule has 17 heteroatoms. The van der Waals surface area contributed by atoms with E-state index in [-0.39, 0.29) is 29.7 Å². The largest absolute Gasteiger partial charge is 0.419 e. The van der Waals surface area contributed by atoms with Gasteiger partial charge in [-0.15, -0.1) is 0 Å². The van der Waals surface area contributed by atoms with E-state index >= 15 is 0 Å². The van der Waals surface area contributed by atoms with Crippen LogP contribution in [0.15, 0.2) is 54.7 Å². The molecule has 2 aromatic carbocycles. The van der Waals surface area contributed by atoms with Crippen LogP contribution in [-0.2, 0) is 15.8 Å². The van der Waals surface area contributed by atoms with Crippen molar-refractivity contribution in [1.29, 1.82) is 5.26 Å². The molecule has 0 saturated carbocycles. The Morgan fingerprint density at radius 3 is 2.11 bits per heavy atom. The Morgan fingerprint density at radius 2 is 1.44 bits per heavy atom. The van der Waals surface area contributed by atoms with Crippen molar-refractivity contribution in [3.63, 3.8) is 0 Å². The van der Waals surface area contributed by atoms with Crippen molar-refractivity contribution >= 4 is 46.6 Å². The number of halogens is 3. The Labute approximate surface area is 357 Å². The Hall–Kier alpha value is -6.02. The van der Waals surface area contributed by atoms with Crippen LogP contribution in [0.1, 0.15) is 87.3 Å². The number of nitrogens with zero attached hydrogens (tertiary/aromatic N) is 8. The van der Waals surface area contributed by atoms with Gasteiger partial charge in [0.1, 0.15) is 12.1 Å². The minimum absolute atomic E-state index is 0.0144. The smallest absolute Gasteiger partial charge is 0.371 e. The molecule has 0 aliphatic carbocycles. The van der Waals surface area contributed by atoms with Gasteiger partial charge in [-0.05, 0) is 98.4 Å². The number of rotatable bonds is 7. The molecule has 6 aliphatic rings. The molecule has 0 bridgehead atoms. The number of carbonyl (C=O) groups is 5. The molecule has 5 saturated heterocycles. The number of anilines is 3. The predicted octanol–water partition coefficient (Wildman–Crippen LogP) is 4.54. The van der Waals surface area contributed by atoms with Gasteiger partial charge >= 0.3 is 6.18 Å². The summed E-state index contributed by atoms with van der Waals surface area (Å²) in [5.74, 6) is -1.49. The highest BCUT2D eigenvalue weighted by atomic mass is 19.4. The summed E-state index contributed by atoms with van der Waals surface area (Å²) < 4.78 is 40.7. The molecule has 5 amide bonds. The number of aromatic nitrogens is 1. The molecular formula is C45H48F3N9O5. The van der Waals surface area contributed by atoms with Gasteiger partial charge in [0.15, 0.2) is 5.69 Å². The number of nitrogens with one attached hydrogen (secondary N) is 1. The zero-order valence-electron chi connectivity index (χ0n) is 34.3. The van der Waals surface area contributed by atoms with Crippen molar-refractivity contribution in [2.45, 2.75) is 57.2 Å². The SMILES string of the molecule is N#Cc1ncc(N2CCC3(CCN(C(=O)c4ccc(N5CCN(CC6CCN(c7ccc8c(c7)C(=O)N(C7CCC(=O)NC7=O)C8=O)CC6)CC5)cc4)CC3)C2)cc1C(F)(F)F. The summed E-state index contributed by atoms with van der Waals surface area (Å²) in [5.41, 5.74) is 1.82. The van der Waals surface area contributed by atoms with Crippen LogP contribution in [0.4, 0.5) is 30.2 Å². The lowest BCUT2D eigenvalue weighted by atomic mass is 9.77. The Kier molecular flexibility index (Phi) is 10.9. The summed E-state index contributed by atoms with van der Waals surface area (Å²) in [5, 5.41) is 11.4. The van der Waals surface area contributed by atoms with Crippen LogP contribution in [0.25, 0.3) is 0 Å². The molecule has 1 unspecified atom stereocenters. The lowest BCUT2D eigenvalue weighted by molar-refractivity contribution is -0.138. The minimum Gasteiger partial charge on any atom is -0.371 e. The maximum absolute atomic E-state index is 13.6. The van der Waals surface area contributed by atoms with Crippen molar-refractivity contribution in [3.05, 3.63) is 82.7 Å². The van der Waals surface area contributed by atoms with Crippen LogP contribution in [0.2, 0.25) is 0 Å². The number of piperazine rings is 1. The van der Waals surface area contributed by atoms with Crippen LogP contribution >= 0.6 is 0 Å². The fraction of sp³-hybridized carbons (Fsp3) is 0.489. The van der Waals surface area contributed by atoms with E-state index in [0.717, 1.165) is 100 Å². The molecule has 7 heterocycles. The standard InChI is InChI=1S/C45H48F3N9O5/c46-45(47,48)36-24-33(26-50-37(36)25-49)56-18-13-44(28-56)11-16-55(17-12-44)41(60)30-1-3-31(4-2-30)54-21-19-52(20-22-54)27-29-9-14-53(15-10-29)32-5-6-34-35(23-32)43(62)57(42(34)61)38-7-8-39(58)51-40(38)59/h1-6,23-24,26,29,38H,7-22,27-28H2,(H,51,58,59). The van der Waals surface area contributed by atoms with Crippen molar-refractivity contribution in [1.82, 2.24) is 25.0 Å². The highest BCUT2D eigenvalue weighted by Gasteiger charge is 2.46. The maximum atomic E-state index is 13.6. The van der Waals surface area contributed by atoms with Crippen molar-refractivity contribution in [2.24, 2.45) is 11.3 Å². The Morgan fingerprint density at radius 1 is 0.774 bits per heavy atom. The van der Waals surface area contributed by atoms with E-state index in [4.69, 9.17) is 5.26 Å². The monoisotopic (exact) mass is 851 g/mol. The summed E-state index contributed by atoms with van der Waals surface area (Å²) in [6.07, 6.45) is 1.24. The number of hydrogen-bond acceptors (Lipinski definition) is 11. The van der Waals surface area contributed by atoms with Gasteiger partial charge in [-0.3, -0.25) is 39.1 Å². The first-order chi connectivity index (χ1) is 29.8. The van der Waals surface area contributed by atoms with E-state index < -0.39 is 47.1 Å². The van der Waals surface area contributed by atoms with Crippen LogP contribution in [-0.4, -0.2) is 127 Å². The molecule has 5 fully saturated rings. The molecule has 1 atom stereocenters. The maximum Gasteiger partial charge on any atom is 0.419 e. The summed E-state index contributed by atoms with van der Waals surface area (Å²) in [4.78, 5) is 79.8. The van der Waals surface area contributed by atoms with Gasteiger partial charge in [-0.2, -0.15) is 18.4 Å². The van der Waals surface area contributed by atoms with E-state index in [9.17, 15) is 37.1 Å². The number of imide groups is 2. The number of nitriles is 1. The average Bonchev–Trinajstić information content (AvgIpc) is 3.80. The van der Waals surface area contributed by atoms with Gasteiger partial charge in [0.25, 0.3) is 17.7 Å². The minimum atomic E-state index is -4.66. The van der Waals surface area contributed by atoms with E-state index in [0.29, 0.717) is 48.9 Å². The number of alkyl halides is 3. The molecule has 62 heavy (non-hydrogen) atoms. The van der Waals surface area contributed by atoms with Crippen LogP contribution in [0.3, 0.4) is 0 Å². The van der Waals surface area contributed by atoms with E-state index in [1.165, 1.54) is 6.20 Å². The summed E-state index contributed by atoms with van der Waals surface area (Å²) >= 11 is 0. The average molecular weight is 852 g/mol. The Bertz CT molecular complexity index is 2330. The van der Waals surface area contributed by atoms with E-state index in [1.807, 2.05) is 40.1 Å². The zero-order valence-corrected chi connectivity index (χ0v) is 34.3. The second-order valence-corrected chi connectivity index (χ2v) is 17.6. The number of piperidine rings is 3. The molecule has 3 aromatic rings. The van der Waals surface area contributed by atoms with Crippen molar-refractivity contribution in [2.75, 3.05) is 86.7 Å². The second-order valence-electron chi connectivity index (χ2n) is 17.6. The highest BCUT2D eigenvalue weighted by Crippen LogP contribution is 2.43. The number of likely N-dealkylation sites (tertiary alicyclic amines) is 1. The molecular weight excluding hydrogens is 804 g/mol. The number of amides is 5. The first-order valence-corrected chi connectivity index (χ1v) is 21.5. The number of benzene rings is 2. The summed E-state index contributed by atoms with van der Waals surface area (Å²) in [6.45, 7) is 8.64. The molecule has 6 aliphatic heterocycles. The third-order valence-corrected chi connectivity index (χ3v) is 14.0. The number of carbonyl (C=O) groups excluding carboxylic acids is 5. The summed E-state index contributed by atoms with van der Waals surface area (Å²) in [6, 6.07) is 14.7. The molecule has 1 aromatic heterocycles. The number of fused-ring (bicyclic) bond motifs is 1. The molecule has 324 valence electrons. The predicted molar refractivity (Wildman–Crippen MR) is 222 cm³/mol. The quantitative estimate of drug-likeness (QED) is 0.334. The number of hydrogen-bond donors (Lipinski definition) is 1. The lowest BCUT2D eigenvalue weighted by Crippen LogP contribution is -2.54. The molecule has 1 spiro atoms. The van der Waals surface area contributed by atoms with Gasteiger partial charge in [0, 0.05) is 95.4 Å². The van der Waals surface area contributed by atoms with Crippen molar-refractivity contribution < 1.29 is 37.1 Å². The zero-order chi connectivity index (χ0) is 43.3. The topological polar surface area (TPSA) is 154 Å². The first-order valence-electron chi connectivity index (χ1n) is 21.5. The van der Waals surface area contributed by atoms with Crippen LogP contribution in [0, 0.1) is 22.7 Å². The van der Waals surface area contributed by atoms with Gasteiger partial charge in [-0.25, -0.2) is 4.98 Å². The lowest BCUT2D eigenvalue weighted by Gasteiger charge is -2.40. The third-order valence-electron chi connectivity index (χ3n) is 14.0. The van der Waals surface area contributed by atoms with E-state index in [2.05, 4.69) is 25.0 Å². The fourth-order valence-electron chi connectivity index (χ4n) is 10.3. The van der Waals surface area contributed by atoms with Crippen LogP contribution < -0.4 is 20.0 Å². The third kappa shape index (κ3) is 7.96. The normalized spacial score (nSPS) is 22.4. The first kappa shape index (κ1) is 41.3. The van der Waals surface area contributed by atoms with Gasteiger partial charge in [0.2, 0.25) is 11.8 Å².